The predicted molar refractivity (Wildman–Crippen MR) is 72.8 cm³/mol. The zero-order valence-corrected chi connectivity index (χ0v) is 10.4. The van der Waals surface area contributed by atoms with Gasteiger partial charge in [-0.15, -0.1) is 0 Å². The van der Waals surface area contributed by atoms with Gasteiger partial charge in [0, 0.05) is 11.6 Å². The van der Waals surface area contributed by atoms with E-state index in [9.17, 15) is 20.4 Å². The lowest BCUT2D eigenvalue weighted by Gasteiger charge is -2.21. The van der Waals surface area contributed by atoms with Gasteiger partial charge in [-0.05, 0) is 23.8 Å². The summed E-state index contributed by atoms with van der Waals surface area (Å²) in [5.41, 5.74) is 1.57. The lowest BCUT2D eigenvalue weighted by atomic mass is 9.98. The molecule has 2 aromatic carbocycles. The molecule has 1 aliphatic rings. The second-order valence-electron chi connectivity index (χ2n) is 4.50. The second-order valence-corrected chi connectivity index (χ2v) is 4.50. The van der Waals surface area contributed by atoms with Crippen LogP contribution in [-0.2, 0) is 0 Å². The summed E-state index contributed by atoms with van der Waals surface area (Å²) < 4.78 is 5.48. The Morgan fingerprint density at radius 2 is 1.50 bits per heavy atom. The van der Waals surface area contributed by atoms with Crippen LogP contribution >= 0.6 is 0 Å². The minimum atomic E-state index is -0.328. The van der Waals surface area contributed by atoms with Crippen LogP contribution in [0.2, 0.25) is 0 Å². The molecule has 0 amide bonds. The molecule has 20 heavy (non-hydrogen) atoms. The summed E-state index contributed by atoms with van der Waals surface area (Å²) in [6, 6.07) is 8.86. The molecule has 4 N–H and O–H groups in total. The Bertz CT molecular complexity index is 701. The number of hydrogen-bond acceptors (Lipinski definition) is 5. The fourth-order valence-corrected chi connectivity index (χ4v) is 2.13. The monoisotopic (exact) mass is 272 g/mol. The molecule has 0 fully saturated rings. The van der Waals surface area contributed by atoms with Crippen LogP contribution in [0.5, 0.6) is 23.0 Å². The lowest BCUT2D eigenvalue weighted by molar-refractivity contribution is 0.345. The fourth-order valence-electron chi connectivity index (χ4n) is 2.13. The fraction of sp³-hybridized carbons (Fsp3) is 0.0667. The summed E-state index contributed by atoms with van der Waals surface area (Å²) in [6.07, 6.45) is 0. The first-order valence-corrected chi connectivity index (χ1v) is 5.97. The third-order valence-electron chi connectivity index (χ3n) is 3.21. The van der Waals surface area contributed by atoms with Gasteiger partial charge >= 0.3 is 0 Å². The van der Waals surface area contributed by atoms with Crippen LogP contribution in [0, 0.1) is 0 Å². The van der Waals surface area contributed by atoms with E-state index in [1.807, 2.05) is 0 Å². The van der Waals surface area contributed by atoms with Crippen molar-refractivity contribution in [3.05, 3.63) is 47.5 Å². The Kier molecular flexibility index (Phi) is 2.68. The Hall–Kier alpha value is -2.82. The molecule has 5 heteroatoms. The largest absolute Gasteiger partial charge is 0.508 e. The molecule has 0 spiro atoms. The van der Waals surface area contributed by atoms with E-state index >= 15 is 0 Å². The average molecular weight is 272 g/mol. The SMILES string of the molecule is OC1=C(c2ccc(O)cc2)COc2cc(O)c(O)cc21. The van der Waals surface area contributed by atoms with Crippen molar-refractivity contribution in [2.45, 2.75) is 0 Å². The number of aromatic hydroxyl groups is 3. The van der Waals surface area contributed by atoms with Crippen molar-refractivity contribution < 1.29 is 25.2 Å². The molecular weight excluding hydrogens is 260 g/mol. The number of aliphatic hydroxyl groups excluding tert-OH is 1. The van der Waals surface area contributed by atoms with E-state index < -0.39 is 0 Å². The van der Waals surface area contributed by atoms with Crippen molar-refractivity contribution in [3.63, 3.8) is 0 Å². The summed E-state index contributed by atoms with van der Waals surface area (Å²) in [5, 5.41) is 38.5. The van der Waals surface area contributed by atoms with Crippen molar-refractivity contribution in [1.29, 1.82) is 0 Å². The van der Waals surface area contributed by atoms with Crippen molar-refractivity contribution in [2.24, 2.45) is 0 Å². The molecule has 3 rings (SSSR count). The van der Waals surface area contributed by atoms with Crippen LogP contribution in [0.1, 0.15) is 11.1 Å². The molecule has 2 aromatic rings. The van der Waals surface area contributed by atoms with Crippen LogP contribution in [-0.4, -0.2) is 27.0 Å². The second kappa shape index (κ2) is 4.38. The van der Waals surface area contributed by atoms with E-state index in [1.165, 1.54) is 24.3 Å². The molecule has 0 radical (unpaired) electrons. The molecule has 0 unspecified atom stereocenters. The number of rotatable bonds is 1. The summed E-state index contributed by atoms with van der Waals surface area (Å²) in [6.45, 7) is 0.133. The van der Waals surface area contributed by atoms with Crippen molar-refractivity contribution >= 4 is 11.3 Å². The van der Waals surface area contributed by atoms with Gasteiger partial charge in [0.15, 0.2) is 11.5 Å². The van der Waals surface area contributed by atoms with Crippen LogP contribution < -0.4 is 4.74 Å². The van der Waals surface area contributed by atoms with E-state index in [0.29, 0.717) is 22.4 Å². The maximum Gasteiger partial charge on any atom is 0.161 e. The smallest absolute Gasteiger partial charge is 0.161 e. The van der Waals surface area contributed by atoms with Gasteiger partial charge in [0.1, 0.15) is 23.9 Å². The van der Waals surface area contributed by atoms with Gasteiger partial charge in [-0.3, -0.25) is 0 Å². The highest BCUT2D eigenvalue weighted by Crippen LogP contribution is 2.41. The minimum Gasteiger partial charge on any atom is -0.508 e. The van der Waals surface area contributed by atoms with E-state index in [2.05, 4.69) is 0 Å². The van der Waals surface area contributed by atoms with Crippen LogP contribution in [0.4, 0.5) is 0 Å². The first kappa shape index (κ1) is 12.2. The number of phenols is 3. The zero-order chi connectivity index (χ0) is 14.3. The van der Waals surface area contributed by atoms with Crippen molar-refractivity contribution in [1.82, 2.24) is 0 Å². The molecular formula is C15H12O5. The Balaban J connectivity index is 2.13. The lowest BCUT2D eigenvalue weighted by Crippen LogP contribution is -2.10. The normalized spacial score (nSPS) is 13.8. The number of fused-ring (bicyclic) bond motifs is 1. The Labute approximate surface area is 114 Å². The summed E-state index contributed by atoms with van der Waals surface area (Å²) in [4.78, 5) is 0. The number of ether oxygens (including phenoxy) is 1. The molecule has 5 nitrogen and oxygen atoms in total. The minimum absolute atomic E-state index is 0.0211. The molecule has 0 bridgehead atoms. The van der Waals surface area contributed by atoms with E-state index in [1.54, 1.807) is 12.1 Å². The number of aliphatic hydroxyl groups is 1. The molecule has 102 valence electrons. The zero-order valence-electron chi connectivity index (χ0n) is 10.4. The van der Waals surface area contributed by atoms with Crippen molar-refractivity contribution in [2.75, 3.05) is 6.61 Å². The molecule has 0 saturated heterocycles. The molecule has 1 heterocycles. The summed E-state index contributed by atoms with van der Waals surface area (Å²) >= 11 is 0. The first-order chi connectivity index (χ1) is 9.56. The highest BCUT2D eigenvalue weighted by Gasteiger charge is 2.23. The standard InChI is InChI=1S/C15H12O5/c16-9-3-1-8(2-4-9)11-7-20-14-6-13(18)12(17)5-10(14)15(11)19/h1-6,16-19H,7H2. The number of benzene rings is 2. The Morgan fingerprint density at radius 3 is 2.20 bits per heavy atom. The van der Waals surface area contributed by atoms with E-state index in [4.69, 9.17) is 4.74 Å². The number of hydrogen-bond donors (Lipinski definition) is 4. The topological polar surface area (TPSA) is 90.2 Å². The van der Waals surface area contributed by atoms with Gasteiger partial charge in [-0.1, -0.05) is 12.1 Å². The molecule has 0 atom stereocenters. The number of phenolic OH excluding ortho intramolecular Hbond substituents is 3. The highest BCUT2D eigenvalue weighted by molar-refractivity contribution is 5.91. The highest BCUT2D eigenvalue weighted by atomic mass is 16.5. The van der Waals surface area contributed by atoms with Gasteiger partial charge in [0.25, 0.3) is 0 Å². The molecule has 0 aromatic heterocycles. The quantitative estimate of drug-likeness (QED) is 0.599. The maximum absolute atomic E-state index is 10.3. The van der Waals surface area contributed by atoms with Crippen LogP contribution in [0.25, 0.3) is 11.3 Å². The average Bonchev–Trinajstić information content (AvgIpc) is 2.43. The van der Waals surface area contributed by atoms with E-state index in [0.717, 1.165) is 0 Å². The maximum atomic E-state index is 10.3. The molecule has 1 aliphatic heterocycles. The van der Waals surface area contributed by atoms with Crippen LogP contribution in [0.15, 0.2) is 36.4 Å². The van der Waals surface area contributed by atoms with Gasteiger partial charge < -0.3 is 25.2 Å². The molecule has 0 saturated carbocycles. The van der Waals surface area contributed by atoms with Crippen LogP contribution in [0.3, 0.4) is 0 Å². The summed E-state index contributed by atoms with van der Waals surface area (Å²) in [7, 11) is 0. The van der Waals surface area contributed by atoms with Gasteiger partial charge in [-0.2, -0.15) is 0 Å². The summed E-state index contributed by atoms with van der Waals surface area (Å²) in [5.74, 6) is -0.211. The third-order valence-corrected chi connectivity index (χ3v) is 3.21. The predicted octanol–water partition coefficient (Wildman–Crippen LogP) is 2.62. The van der Waals surface area contributed by atoms with Gasteiger partial charge in [-0.25, -0.2) is 0 Å². The van der Waals surface area contributed by atoms with Gasteiger partial charge in [0.05, 0.1) is 5.56 Å². The van der Waals surface area contributed by atoms with E-state index in [-0.39, 0.29) is 29.6 Å². The van der Waals surface area contributed by atoms with Gasteiger partial charge in [0.2, 0.25) is 0 Å². The first-order valence-electron chi connectivity index (χ1n) is 5.97. The molecule has 0 aliphatic carbocycles. The third kappa shape index (κ3) is 1.89. The Morgan fingerprint density at radius 1 is 0.850 bits per heavy atom. The van der Waals surface area contributed by atoms with Crippen molar-refractivity contribution in [3.8, 4) is 23.0 Å².